The Labute approximate surface area is 98.6 Å². The van der Waals surface area contributed by atoms with E-state index in [1.165, 1.54) is 18.5 Å². The molecule has 0 aromatic carbocycles. The predicted molar refractivity (Wildman–Crippen MR) is 61.2 cm³/mol. The summed E-state index contributed by atoms with van der Waals surface area (Å²) in [5.41, 5.74) is 0.676. The predicted octanol–water partition coefficient (Wildman–Crippen LogP) is 1.09. The molecule has 0 saturated carbocycles. The van der Waals surface area contributed by atoms with Gasteiger partial charge in [-0.3, -0.25) is 0 Å². The molecule has 0 unspecified atom stereocenters. The maximum Gasteiger partial charge on any atom is 0.179 e. The molecule has 0 atom stereocenters. The van der Waals surface area contributed by atoms with Crippen molar-refractivity contribution in [2.45, 2.75) is 11.4 Å². The van der Waals surface area contributed by atoms with E-state index in [1.807, 2.05) is 0 Å². The van der Waals surface area contributed by atoms with Gasteiger partial charge in [-0.05, 0) is 12.1 Å². The summed E-state index contributed by atoms with van der Waals surface area (Å²) in [7, 11) is -3.29. The number of pyridine rings is 1. The Bertz CT molecular complexity index is 593. The highest BCUT2D eigenvalue weighted by atomic mass is 32.2. The number of hydrogen-bond acceptors (Lipinski definition) is 6. The molecule has 0 aliphatic heterocycles. The molecule has 2 aromatic heterocycles. The molecule has 0 radical (unpaired) electrons. The van der Waals surface area contributed by atoms with Gasteiger partial charge in [-0.15, -0.1) is 0 Å². The lowest BCUT2D eigenvalue weighted by Crippen LogP contribution is -2.07. The molecule has 1 N–H and O–H groups in total. The van der Waals surface area contributed by atoms with Gasteiger partial charge in [-0.2, -0.15) is 0 Å². The van der Waals surface area contributed by atoms with Crippen molar-refractivity contribution in [3.05, 3.63) is 36.4 Å². The van der Waals surface area contributed by atoms with Gasteiger partial charge >= 0.3 is 0 Å². The minimum absolute atomic E-state index is 0.170. The lowest BCUT2D eigenvalue weighted by Gasteiger charge is -2.07. The van der Waals surface area contributed by atoms with Crippen LogP contribution in [0.3, 0.4) is 0 Å². The van der Waals surface area contributed by atoms with Crippen LogP contribution >= 0.6 is 0 Å². The molecule has 6 nitrogen and oxygen atoms in total. The summed E-state index contributed by atoms with van der Waals surface area (Å²) >= 11 is 0. The molecule has 0 aliphatic carbocycles. The molecular weight excluding hydrogens is 242 g/mol. The minimum Gasteiger partial charge on any atom is -0.364 e. The largest absolute Gasteiger partial charge is 0.364 e. The fourth-order valence-electron chi connectivity index (χ4n) is 1.33. The van der Waals surface area contributed by atoms with Crippen molar-refractivity contribution >= 4 is 15.7 Å². The maximum absolute atomic E-state index is 11.5. The molecule has 0 aliphatic rings. The third-order valence-corrected chi connectivity index (χ3v) is 3.23. The van der Waals surface area contributed by atoms with E-state index in [0.717, 1.165) is 6.26 Å². The second-order valence-corrected chi connectivity index (χ2v) is 5.45. The summed E-state index contributed by atoms with van der Waals surface area (Å²) in [6.07, 6.45) is 4.12. The zero-order valence-electron chi connectivity index (χ0n) is 9.12. The molecular formula is C10H11N3O3S. The fourth-order valence-corrected chi connectivity index (χ4v) is 2.13. The van der Waals surface area contributed by atoms with E-state index in [-0.39, 0.29) is 4.90 Å². The number of nitrogens with zero attached hydrogens (tertiary/aromatic N) is 2. The highest BCUT2D eigenvalue weighted by molar-refractivity contribution is 7.90. The van der Waals surface area contributed by atoms with Crippen molar-refractivity contribution < 1.29 is 12.9 Å². The number of hydrogen-bond donors (Lipinski definition) is 1. The van der Waals surface area contributed by atoms with Crippen LogP contribution < -0.4 is 5.32 Å². The van der Waals surface area contributed by atoms with Gasteiger partial charge in [0.15, 0.2) is 9.84 Å². The van der Waals surface area contributed by atoms with Crippen LogP contribution in [0.15, 0.2) is 40.1 Å². The molecule has 0 fully saturated rings. The number of sulfone groups is 1. The third-order valence-electron chi connectivity index (χ3n) is 2.10. The Kier molecular flexibility index (Phi) is 3.10. The van der Waals surface area contributed by atoms with Gasteiger partial charge in [-0.25, -0.2) is 13.4 Å². The standard InChI is InChI=1S/C10H11N3O3S/c1-17(14,15)9-3-2-5-11-10(9)12-7-8-4-6-16-13-8/h2-6H,7H2,1H3,(H,11,12). The fraction of sp³-hybridized carbons (Fsp3) is 0.200. The van der Waals surface area contributed by atoms with Gasteiger partial charge in [0.05, 0.1) is 6.54 Å². The van der Waals surface area contributed by atoms with Crippen molar-refractivity contribution in [2.24, 2.45) is 0 Å². The number of rotatable bonds is 4. The normalized spacial score (nSPS) is 11.4. The first-order valence-electron chi connectivity index (χ1n) is 4.85. The van der Waals surface area contributed by atoms with E-state index in [9.17, 15) is 8.42 Å². The highest BCUT2D eigenvalue weighted by Crippen LogP contribution is 2.18. The van der Waals surface area contributed by atoms with E-state index in [4.69, 9.17) is 0 Å². The SMILES string of the molecule is CS(=O)(=O)c1cccnc1NCc1ccon1. The molecule has 2 aromatic rings. The van der Waals surface area contributed by atoms with Crippen LogP contribution in [0, 0.1) is 0 Å². The summed E-state index contributed by atoms with van der Waals surface area (Å²) < 4.78 is 27.7. The monoisotopic (exact) mass is 253 g/mol. The Balaban J connectivity index is 2.22. The van der Waals surface area contributed by atoms with Crippen LogP contribution in [0.4, 0.5) is 5.82 Å². The van der Waals surface area contributed by atoms with Crippen molar-refractivity contribution in [1.82, 2.24) is 10.1 Å². The molecule has 17 heavy (non-hydrogen) atoms. The summed E-state index contributed by atoms with van der Waals surface area (Å²) in [6, 6.07) is 4.78. The quantitative estimate of drug-likeness (QED) is 0.877. The summed E-state index contributed by atoms with van der Waals surface area (Å²) in [6.45, 7) is 0.357. The minimum atomic E-state index is -3.29. The summed E-state index contributed by atoms with van der Waals surface area (Å²) in [4.78, 5) is 4.17. The van der Waals surface area contributed by atoms with E-state index in [1.54, 1.807) is 12.1 Å². The summed E-state index contributed by atoms with van der Waals surface area (Å²) in [5, 5.41) is 6.62. The topological polar surface area (TPSA) is 85.1 Å². The first-order chi connectivity index (χ1) is 8.07. The summed E-state index contributed by atoms with van der Waals surface area (Å²) in [5.74, 6) is 0.318. The van der Waals surface area contributed by atoms with Crippen molar-refractivity contribution in [1.29, 1.82) is 0 Å². The average Bonchev–Trinajstić information content (AvgIpc) is 2.78. The van der Waals surface area contributed by atoms with Crippen LogP contribution in [0.1, 0.15) is 5.69 Å². The Hall–Kier alpha value is -1.89. The first-order valence-corrected chi connectivity index (χ1v) is 6.75. The number of anilines is 1. The molecule has 2 rings (SSSR count). The van der Waals surface area contributed by atoms with Crippen molar-refractivity contribution in [3.63, 3.8) is 0 Å². The first kappa shape index (κ1) is 11.6. The molecule has 0 spiro atoms. The smallest absolute Gasteiger partial charge is 0.179 e. The molecule has 7 heteroatoms. The Morgan fingerprint density at radius 1 is 1.41 bits per heavy atom. The zero-order valence-corrected chi connectivity index (χ0v) is 9.94. The highest BCUT2D eigenvalue weighted by Gasteiger charge is 2.13. The molecule has 0 bridgehead atoms. The van der Waals surface area contributed by atoms with Gasteiger partial charge in [0.2, 0.25) is 0 Å². The number of aromatic nitrogens is 2. The lowest BCUT2D eigenvalue weighted by molar-refractivity contribution is 0.412. The van der Waals surface area contributed by atoms with Crippen LogP contribution in [0.2, 0.25) is 0 Å². The molecule has 90 valence electrons. The van der Waals surface area contributed by atoms with Gasteiger partial charge in [0, 0.05) is 18.5 Å². The van der Waals surface area contributed by atoms with E-state index >= 15 is 0 Å². The Morgan fingerprint density at radius 3 is 2.88 bits per heavy atom. The van der Waals surface area contributed by atoms with Gasteiger partial charge in [0.25, 0.3) is 0 Å². The van der Waals surface area contributed by atoms with Gasteiger partial charge in [0.1, 0.15) is 22.7 Å². The van der Waals surface area contributed by atoms with Gasteiger partial charge < -0.3 is 9.84 Å². The van der Waals surface area contributed by atoms with E-state index < -0.39 is 9.84 Å². The van der Waals surface area contributed by atoms with Crippen molar-refractivity contribution in [2.75, 3.05) is 11.6 Å². The second kappa shape index (κ2) is 4.54. The van der Waals surface area contributed by atoms with Crippen LogP contribution in [-0.2, 0) is 16.4 Å². The van der Waals surface area contributed by atoms with Crippen LogP contribution in [0.5, 0.6) is 0 Å². The average molecular weight is 253 g/mol. The third kappa shape index (κ3) is 2.82. The van der Waals surface area contributed by atoms with Crippen LogP contribution in [-0.4, -0.2) is 24.8 Å². The van der Waals surface area contributed by atoms with E-state index in [2.05, 4.69) is 20.0 Å². The van der Waals surface area contributed by atoms with E-state index in [0.29, 0.717) is 18.1 Å². The van der Waals surface area contributed by atoms with Crippen LogP contribution in [0.25, 0.3) is 0 Å². The second-order valence-electron chi connectivity index (χ2n) is 3.47. The lowest BCUT2D eigenvalue weighted by atomic mass is 10.4. The van der Waals surface area contributed by atoms with Crippen molar-refractivity contribution in [3.8, 4) is 0 Å². The number of nitrogens with one attached hydrogen (secondary N) is 1. The maximum atomic E-state index is 11.5. The molecule has 0 amide bonds. The Morgan fingerprint density at radius 2 is 2.24 bits per heavy atom. The molecule has 2 heterocycles. The molecule has 0 saturated heterocycles. The zero-order chi connectivity index (χ0) is 12.3. The van der Waals surface area contributed by atoms with Gasteiger partial charge in [-0.1, -0.05) is 5.16 Å².